The first-order chi connectivity index (χ1) is 8.83. The van der Waals surface area contributed by atoms with Crippen LogP contribution in [0.3, 0.4) is 0 Å². The molecule has 2 saturated heterocycles. The van der Waals surface area contributed by atoms with Crippen molar-refractivity contribution in [2.75, 3.05) is 19.8 Å². The van der Waals surface area contributed by atoms with Gasteiger partial charge in [-0.05, 0) is 25.7 Å². The van der Waals surface area contributed by atoms with Crippen LogP contribution in [0.1, 0.15) is 37.5 Å². The molecule has 0 saturated carbocycles. The fourth-order valence-corrected chi connectivity index (χ4v) is 3.03. The predicted molar refractivity (Wildman–Crippen MR) is 64.9 cm³/mol. The highest BCUT2D eigenvalue weighted by Crippen LogP contribution is 2.38. The largest absolute Gasteiger partial charge is 0.381 e. The van der Waals surface area contributed by atoms with Gasteiger partial charge in [-0.2, -0.15) is 5.10 Å². The summed E-state index contributed by atoms with van der Waals surface area (Å²) in [5.41, 5.74) is 5.68. The Kier molecular flexibility index (Phi) is 3.32. The molecule has 1 unspecified atom stereocenters. The first-order valence-electron chi connectivity index (χ1n) is 6.63. The van der Waals surface area contributed by atoms with Gasteiger partial charge in [0, 0.05) is 19.8 Å². The molecule has 0 aliphatic carbocycles. The van der Waals surface area contributed by atoms with Crippen molar-refractivity contribution in [3.05, 3.63) is 12.2 Å². The Balaban J connectivity index is 1.77. The van der Waals surface area contributed by atoms with Crippen LogP contribution in [0, 0.1) is 0 Å². The molecular formula is C12H20N4O2. The topological polar surface area (TPSA) is 75.2 Å². The normalized spacial score (nSPS) is 27.5. The number of hydrogen-bond acceptors (Lipinski definition) is 5. The molecule has 1 spiro atoms. The minimum Gasteiger partial charge on any atom is -0.381 e. The lowest BCUT2D eigenvalue weighted by atomic mass is 9.84. The Bertz CT molecular complexity index is 395. The molecule has 0 bridgehead atoms. The van der Waals surface area contributed by atoms with Gasteiger partial charge in [-0.3, -0.25) is 0 Å². The molecule has 3 heterocycles. The van der Waals surface area contributed by atoms with Crippen molar-refractivity contribution in [3.8, 4) is 0 Å². The van der Waals surface area contributed by atoms with E-state index in [1.807, 2.05) is 4.68 Å². The van der Waals surface area contributed by atoms with E-state index < -0.39 is 0 Å². The number of nitrogens with two attached hydrogens (primary N) is 1. The maximum atomic E-state index is 6.04. The Labute approximate surface area is 106 Å². The van der Waals surface area contributed by atoms with Crippen LogP contribution in [0.2, 0.25) is 0 Å². The average Bonchev–Trinajstić information content (AvgIpc) is 2.88. The number of hydrogen-bond donors (Lipinski definition) is 1. The van der Waals surface area contributed by atoms with Crippen LogP contribution in [0.25, 0.3) is 0 Å². The summed E-state index contributed by atoms with van der Waals surface area (Å²) in [6.07, 6.45) is 5.53. The summed E-state index contributed by atoms with van der Waals surface area (Å²) in [5.74, 6) is 0.865. The molecule has 2 N–H and O–H groups in total. The van der Waals surface area contributed by atoms with Gasteiger partial charge in [0.05, 0.1) is 18.2 Å². The number of aromatic nitrogens is 3. The van der Waals surface area contributed by atoms with Crippen molar-refractivity contribution in [2.45, 2.75) is 43.9 Å². The van der Waals surface area contributed by atoms with Gasteiger partial charge >= 0.3 is 0 Å². The molecule has 0 aromatic carbocycles. The fraction of sp³-hybridized carbons (Fsp3) is 0.833. The lowest BCUT2D eigenvalue weighted by molar-refractivity contribution is -0.145. The summed E-state index contributed by atoms with van der Waals surface area (Å²) in [5, 5.41) is 4.33. The Hall–Kier alpha value is -0.980. The van der Waals surface area contributed by atoms with E-state index >= 15 is 0 Å². The SMILES string of the molecule is NCc1ncnn1C1CCOC2(CCOCC2)C1. The summed E-state index contributed by atoms with van der Waals surface area (Å²) >= 11 is 0. The molecule has 1 atom stereocenters. The lowest BCUT2D eigenvalue weighted by Gasteiger charge is -2.43. The zero-order valence-corrected chi connectivity index (χ0v) is 10.5. The monoisotopic (exact) mass is 252 g/mol. The summed E-state index contributed by atoms with van der Waals surface area (Å²) in [6.45, 7) is 2.82. The van der Waals surface area contributed by atoms with Gasteiger partial charge in [0.2, 0.25) is 0 Å². The first-order valence-corrected chi connectivity index (χ1v) is 6.63. The third-order valence-corrected chi connectivity index (χ3v) is 4.05. The van der Waals surface area contributed by atoms with Crippen LogP contribution in [-0.2, 0) is 16.0 Å². The van der Waals surface area contributed by atoms with Gasteiger partial charge in [-0.15, -0.1) is 0 Å². The van der Waals surface area contributed by atoms with E-state index in [-0.39, 0.29) is 5.60 Å². The maximum absolute atomic E-state index is 6.04. The third kappa shape index (κ3) is 2.15. The van der Waals surface area contributed by atoms with Gasteiger partial charge in [-0.25, -0.2) is 9.67 Å². The highest BCUT2D eigenvalue weighted by atomic mass is 16.5. The summed E-state index contributed by atoms with van der Waals surface area (Å²) in [6, 6.07) is 0.359. The highest BCUT2D eigenvalue weighted by Gasteiger charge is 2.40. The smallest absolute Gasteiger partial charge is 0.140 e. The van der Waals surface area contributed by atoms with E-state index in [0.717, 1.165) is 51.3 Å². The molecule has 6 heteroatoms. The minimum atomic E-state index is -0.0149. The minimum absolute atomic E-state index is 0.0149. The van der Waals surface area contributed by atoms with Crippen molar-refractivity contribution in [1.82, 2.24) is 14.8 Å². The molecule has 6 nitrogen and oxygen atoms in total. The zero-order valence-electron chi connectivity index (χ0n) is 10.5. The van der Waals surface area contributed by atoms with Crippen LogP contribution in [0.4, 0.5) is 0 Å². The highest BCUT2D eigenvalue weighted by molar-refractivity contribution is 4.94. The molecular weight excluding hydrogens is 232 g/mol. The number of ether oxygens (including phenoxy) is 2. The molecule has 0 amide bonds. The van der Waals surface area contributed by atoms with Crippen LogP contribution in [0.15, 0.2) is 6.33 Å². The van der Waals surface area contributed by atoms with Crippen molar-refractivity contribution in [3.63, 3.8) is 0 Å². The van der Waals surface area contributed by atoms with Gasteiger partial charge in [0.25, 0.3) is 0 Å². The Morgan fingerprint density at radius 3 is 3.00 bits per heavy atom. The quantitative estimate of drug-likeness (QED) is 0.836. The second-order valence-corrected chi connectivity index (χ2v) is 5.12. The number of rotatable bonds is 2. The van der Waals surface area contributed by atoms with E-state index in [4.69, 9.17) is 15.2 Å². The Morgan fingerprint density at radius 1 is 1.39 bits per heavy atom. The van der Waals surface area contributed by atoms with Gasteiger partial charge in [0.1, 0.15) is 12.2 Å². The van der Waals surface area contributed by atoms with Crippen molar-refractivity contribution in [2.24, 2.45) is 5.73 Å². The molecule has 18 heavy (non-hydrogen) atoms. The summed E-state index contributed by atoms with van der Waals surface area (Å²) < 4.78 is 13.5. The van der Waals surface area contributed by atoms with Crippen LogP contribution >= 0.6 is 0 Å². The average molecular weight is 252 g/mol. The molecule has 100 valence electrons. The predicted octanol–water partition coefficient (Wildman–Crippen LogP) is 0.637. The molecule has 1 aromatic rings. The molecule has 2 aliphatic rings. The van der Waals surface area contributed by atoms with Crippen LogP contribution in [-0.4, -0.2) is 40.2 Å². The maximum Gasteiger partial charge on any atom is 0.140 e. The Morgan fingerprint density at radius 2 is 2.22 bits per heavy atom. The lowest BCUT2D eigenvalue weighted by Crippen LogP contribution is -2.45. The van der Waals surface area contributed by atoms with Crippen LogP contribution in [0.5, 0.6) is 0 Å². The van der Waals surface area contributed by atoms with Gasteiger partial charge in [-0.1, -0.05) is 0 Å². The first kappa shape index (κ1) is 12.1. The van der Waals surface area contributed by atoms with Gasteiger partial charge < -0.3 is 15.2 Å². The van der Waals surface area contributed by atoms with E-state index in [2.05, 4.69) is 10.1 Å². The van der Waals surface area contributed by atoms with Crippen molar-refractivity contribution in [1.29, 1.82) is 0 Å². The molecule has 1 aromatic heterocycles. The van der Waals surface area contributed by atoms with E-state index in [0.29, 0.717) is 12.6 Å². The van der Waals surface area contributed by atoms with E-state index in [1.165, 1.54) is 0 Å². The van der Waals surface area contributed by atoms with Crippen LogP contribution < -0.4 is 5.73 Å². The standard InChI is InChI=1S/C12H20N4O2/c13-8-11-14-9-15-16(11)10-1-4-18-12(7-10)2-5-17-6-3-12/h9-10H,1-8,13H2. The summed E-state index contributed by atoms with van der Waals surface area (Å²) in [4.78, 5) is 4.20. The van der Waals surface area contributed by atoms with E-state index in [9.17, 15) is 0 Å². The molecule has 3 rings (SSSR count). The van der Waals surface area contributed by atoms with Gasteiger partial charge in [0.15, 0.2) is 0 Å². The second kappa shape index (κ2) is 4.95. The third-order valence-electron chi connectivity index (χ3n) is 4.05. The zero-order chi connectivity index (χ0) is 12.4. The molecule has 2 fully saturated rings. The molecule has 2 aliphatic heterocycles. The molecule has 0 radical (unpaired) electrons. The van der Waals surface area contributed by atoms with E-state index in [1.54, 1.807) is 6.33 Å². The second-order valence-electron chi connectivity index (χ2n) is 5.12. The fourth-order valence-electron chi connectivity index (χ4n) is 3.03. The number of nitrogens with zero attached hydrogens (tertiary/aromatic N) is 3. The summed E-state index contributed by atoms with van der Waals surface area (Å²) in [7, 11) is 0. The van der Waals surface area contributed by atoms with Crippen molar-refractivity contribution < 1.29 is 9.47 Å². The van der Waals surface area contributed by atoms with Crippen molar-refractivity contribution >= 4 is 0 Å².